The van der Waals surface area contributed by atoms with Gasteiger partial charge in [-0.2, -0.15) is 13.2 Å². The molecule has 7 nitrogen and oxygen atoms in total. The van der Waals surface area contributed by atoms with Crippen molar-refractivity contribution in [3.05, 3.63) is 47.9 Å². The Kier molecular flexibility index (Phi) is 5.29. The van der Waals surface area contributed by atoms with E-state index in [1.807, 2.05) is 19.0 Å². The van der Waals surface area contributed by atoms with Gasteiger partial charge in [0, 0.05) is 47.0 Å². The molecule has 1 aliphatic heterocycles. The van der Waals surface area contributed by atoms with E-state index in [4.69, 9.17) is 0 Å². The van der Waals surface area contributed by atoms with Crippen molar-refractivity contribution in [3.63, 3.8) is 0 Å². The van der Waals surface area contributed by atoms with Gasteiger partial charge in [-0.3, -0.25) is 4.79 Å². The van der Waals surface area contributed by atoms with Crippen molar-refractivity contribution in [2.45, 2.75) is 6.18 Å². The number of aromatic nitrogens is 1. The van der Waals surface area contributed by atoms with Crippen molar-refractivity contribution < 1.29 is 32.0 Å². The van der Waals surface area contributed by atoms with Crippen LogP contribution in [0.2, 0.25) is 0 Å². The summed E-state index contributed by atoms with van der Waals surface area (Å²) in [6.45, 7) is 1.06. The van der Waals surface area contributed by atoms with Gasteiger partial charge in [-0.25, -0.2) is 9.18 Å². The van der Waals surface area contributed by atoms with Gasteiger partial charge in [-0.15, -0.1) is 5.06 Å². The van der Waals surface area contributed by atoms with Gasteiger partial charge >= 0.3 is 12.1 Å². The molecule has 0 fully saturated rings. The zero-order valence-corrected chi connectivity index (χ0v) is 17.0. The van der Waals surface area contributed by atoms with Crippen molar-refractivity contribution in [2.24, 2.45) is 0 Å². The van der Waals surface area contributed by atoms with Gasteiger partial charge in [0.2, 0.25) is 0 Å². The molecule has 4 rings (SSSR count). The van der Waals surface area contributed by atoms with E-state index in [0.717, 1.165) is 12.1 Å². The van der Waals surface area contributed by atoms with Crippen LogP contribution in [0.5, 0.6) is 0 Å². The number of benzene rings is 2. The zero-order chi connectivity index (χ0) is 23.2. The third-order valence-electron chi connectivity index (χ3n) is 5.00. The minimum absolute atomic E-state index is 0.0190. The molecule has 2 aromatic carbocycles. The summed E-state index contributed by atoms with van der Waals surface area (Å²) in [5.74, 6) is -4.23. The highest BCUT2D eigenvalue weighted by Crippen LogP contribution is 2.46. The Labute approximate surface area is 179 Å². The Morgan fingerprint density at radius 1 is 1.22 bits per heavy atom. The summed E-state index contributed by atoms with van der Waals surface area (Å²) in [4.78, 5) is 33.8. The number of hydroxylamine groups is 1. The summed E-state index contributed by atoms with van der Waals surface area (Å²) in [7, 11) is 3.73. The van der Waals surface area contributed by atoms with Crippen LogP contribution in [0.4, 0.5) is 28.9 Å². The van der Waals surface area contributed by atoms with Gasteiger partial charge in [0.05, 0.1) is 11.3 Å². The Morgan fingerprint density at radius 3 is 2.59 bits per heavy atom. The highest BCUT2D eigenvalue weighted by Gasteiger charge is 2.46. The van der Waals surface area contributed by atoms with Crippen molar-refractivity contribution in [1.82, 2.24) is 9.88 Å². The molecule has 1 aromatic heterocycles. The summed E-state index contributed by atoms with van der Waals surface area (Å²) >= 11 is 0. The van der Waals surface area contributed by atoms with Gasteiger partial charge in [0.15, 0.2) is 0 Å². The van der Waals surface area contributed by atoms with Crippen molar-refractivity contribution in [3.8, 4) is 11.3 Å². The summed E-state index contributed by atoms with van der Waals surface area (Å²) in [6, 6.07) is 7.02. The van der Waals surface area contributed by atoms with Crippen LogP contribution in [0, 0.1) is 5.82 Å². The van der Waals surface area contributed by atoms with E-state index in [1.165, 1.54) is 0 Å². The summed E-state index contributed by atoms with van der Waals surface area (Å²) in [5.41, 5.74) is 0.960. The average Bonchev–Trinajstić information content (AvgIpc) is 3.33. The van der Waals surface area contributed by atoms with Crippen LogP contribution in [-0.4, -0.2) is 55.1 Å². The van der Waals surface area contributed by atoms with Crippen LogP contribution in [0.15, 0.2) is 36.5 Å². The second-order valence-electron chi connectivity index (χ2n) is 7.45. The van der Waals surface area contributed by atoms with Gasteiger partial charge in [-0.05, 0) is 44.4 Å². The van der Waals surface area contributed by atoms with Gasteiger partial charge in [0.1, 0.15) is 5.82 Å². The van der Waals surface area contributed by atoms with Crippen LogP contribution < -0.4 is 10.4 Å². The Bertz CT molecular complexity index is 1210. The molecule has 0 unspecified atom stereocenters. The predicted molar refractivity (Wildman–Crippen MR) is 110 cm³/mol. The first-order chi connectivity index (χ1) is 15.1. The van der Waals surface area contributed by atoms with Crippen LogP contribution in [0.1, 0.15) is 10.4 Å². The van der Waals surface area contributed by atoms with Crippen molar-refractivity contribution in [1.29, 1.82) is 0 Å². The van der Waals surface area contributed by atoms with E-state index in [9.17, 15) is 27.2 Å². The largest absolute Gasteiger partial charge is 0.493 e. The van der Waals surface area contributed by atoms with E-state index < -0.39 is 23.9 Å². The molecule has 0 radical (unpaired) electrons. The SMILES string of the molecule is CN(C)CCNc1cc(-c2ccc[nH]2)c2c3c(ccc(F)c13)N(OC(=O)C(F)(F)F)C2=O. The fourth-order valence-corrected chi connectivity index (χ4v) is 3.60. The smallest absolute Gasteiger partial charge is 0.383 e. The topological polar surface area (TPSA) is 77.7 Å². The molecule has 0 atom stereocenters. The maximum atomic E-state index is 14.9. The summed E-state index contributed by atoms with van der Waals surface area (Å²) in [6.07, 6.45) is -3.70. The first-order valence-electron chi connectivity index (χ1n) is 9.54. The van der Waals surface area contributed by atoms with Gasteiger partial charge in [0.25, 0.3) is 5.91 Å². The molecular formula is C21H18F4N4O3. The van der Waals surface area contributed by atoms with E-state index >= 15 is 0 Å². The number of alkyl halides is 3. The lowest BCUT2D eigenvalue weighted by molar-refractivity contribution is -0.199. The minimum atomic E-state index is -5.31. The lowest BCUT2D eigenvalue weighted by Crippen LogP contribution is -2.36. The number of carbonyl (C=O) groups excluding carboxylic acids is 2. The number of H-pyrrole nitrogens is 1. The molecule has 1 amide bonds. The third-order valence-corrected chi connectivity index (χ3v) is 5.00. The van der Waals surface area contributed by atoms with Gasteiger partial charge in [-0.1, -0.05) is 0 Å². The molecule has 168 valence electrons. The molecule has 0 spiro atoms. The number of rotatable bonds is 6. The Balaban J connectivity index is 1.92. The maximum Gasteiger partial charge on any atom is 0.493 e. The predicted octanol–water partition coefficient (Wildman–Crippen LogP) is 3.93. The summed E-state index contributed by atoms with van der Waals surface area (Å²) in [5, 5.41) is 3.47. The zero-order valence-electron chi connectivity index (χ0n) is 17.0. The van der Waals surface area contributed by atoms with Crippen LogP contribution in [-0.2, 0) is 9.63 Å². The number of hydrogen-bond donors (Lipinski definition) is 2. The molecule has 0 saturated heterocycles. The third kappa shape index (κ3) is 3.64. The van der Waals surface area contributed by atoms with E-state index in [2.05, 4.69) is 15.1 Å². The normalized spacial score (nSPS) is 13.3. The standard InChI is InChI=1S/C21H18F4N4O3/c1-28(2)9-8-27-14-10-11(13-4-3-7-26-13)16-18-15(6-5-12(22)17(14)18)29(19(16)30)32-20(31)21(23,24)25/h3-7,10,26-27H,8-9H2,1-2H3. The van der Waals surface area contributed by atoms with Crippen LogP contribution >= 0.6 is 0 Å². The van der Waals surface area contributed by atoms with E-state index in [0.29, 0.717) is 30.0 Å². The Morgan fingerprint density at radius 2 is 1.97 bits per heavy atom. The molecule has 11 heteroatoms. The second kappa shape index (κ2) is 7.83. The number of hydrogen-bond acceptors (Lipinski definition) is 5. The molecule has 3 aromatic rings. The van der Waals surface area contributed by atoms with Crippen molar-refractivity contribution >= 4 is 34.0 Å². The monoisotopic (exact) mass is 450 g/mol. The molecule has 0 bridgehead atoms. The number of halogens is 4. The fourth-order valence-electron chi connectivity index (χ4n) is 3.60. The van der Waals surface area contributed by atoms with Crippen LogP contribution in [0.25, 0.3) is 22.0 Å². The van der Waals surface area contributed by atoms with Crippen LogP contribution in [0.3, 0.4) is 0 Å². The van der Waals surface area contributed by atoms with E-state index in [1.54, 1.807) is 24.4 Å². The molecule has 0 aliphatic carbocycles. The number of aromatic amines is 1. The molecular weight excluding hydrogens is 432 g/mol. The first kappa shape index (κ1) is 21.6. The molecule has 2 N–H and O–H groups in total. The number of likely N-dealkylation sites (N-methyl/N-ethyl adjacent to an activating group) is 1. The number of carbonyl (C=O) groups is 2. The molecule has 1 aliphatic rings. The fraction of sp³-hybridized carbons (Fsp3) is 0.238. The second-order valence-corrected chi connectivity index (χ2v) is 7.45. The molecule has 2 heterocycles. The van der Waals surface area contributed by atoms with Crippen molar-refractivity contribution in [2.75, 3.05) is 37.6 Å². The quantitative estimate of drug-likeness (QED) is 0.557. The number of anilines is 2. The lowest BCUT2D eigenvalue weighted by atomic mass is 9.96. The number of amides is 1. The first-order valence-corrected chi connectivity index (χ1v) is 9.54. The Hall–Kier alpha value is -3.60. The average molecular weight is 450 g/mol. The highest BCUT2D eigenvalue weighted by atomic mass is 19.4. The summed E-state index contributed by atoms with van der Waals surface area (Å²) < 4.78 is 53.3. The number of nitrogens with one attached hydrogen (secondary N) is 2. The lowest BCUT2D eigenvalue weighted by Gasteiger charge is -2.17. The molecule has 0 saturated carbocycles. The maximum absolute atomic E-state index is 14.9. The highest BCUT2D eigenvalue weighted by molar-refractivity contribution is 6.29. The van der Waals surface area contributed by atoms with E-state index in [-0.39, 0.29) is 27.1 Å². The number of nitrogens with zero attached hydrogens (tertiary/aromatic N) is 2. The minimum Gasteiger partial charge on any atom is -0.383 e. The molecule has 32 heavy (non-hydrogen) atoms. The van der Waals surface area contributed by atoms with Gasteiger partial charge < -0.3 is 20.0 Å².